The fourth-order valence-corrected chi connectivity index (χ4v) is 8.17. The Morgan fingerprint density at radius 1 is 0.203 bits per heavy atom. The molecule has 0 aliphatic heterocycles. The summed E-state index contributed by atoms with van der Waals surface area (Å²) in [5.74, 6) is 0. The lowest BCUT2D eigenvalue weighted by Crippen LogP contribution is -2.11. The molecule has 0 aliphatic rings. The van der Waals surface area contributed by atoms with Gasteiger partial charge in [0.2, 0.25) is 0 Å². The van der Waals surface area contributed by atoms with Crippen LogP contribution in [0.15, 0.2) is 249 Å². The number of hydrogen-bond donors (Lipinski definition) is 0. The molecule has 0 saturated carbocycles. The highest BCUT2D eigenvalue weighted by atomic mass is 15.1. The predicted octanol–water partition coefficient (Wildman–Crippen LogP) is 16.3. The summed E-state index contributed by atoms with van der Waals surface area (Å²) in [6.07, 6.45) is 0. The molecule has 0 aromatic heterocycles. The van der Waals surface area contributed by atoms with Gasteiger partial charge in [-0.2, -0.15) is 0 Å². The van der Waals surface area contributed by atoms with Gasteiger partial charge >= 0.3 is 0 Å². The monoisotopic (exact) mass is 751 g/mol. The minimum absolute atomic E-state index is 1.09. The first-order valence-electron chi connectivity index (χ1n) is 20.2. The largest absolute Gasteiger partial charge is 0.310 e. The van der Waals surface area contributed by atoms with Gasteiger partial charge < -0.3 is 4.90 Å². The second kappa shape index (κ2) is 16.0. The van der Waals surface area contributed by atoms with Crippen LogP contribution in [0.5, 0.6) is 0 Å². The lowest BCUT2D eigenvalue weighted by atomic mass is 9.95. The Morgan fingerprint density at radius 3 is 1.12 bits per heavy atom. The maximum atomic E-state index is 2.38. The standard InChI is InChI=1S/C58H41N/c1-3-13-42(14-4-1)44-25-27-45(28-26-44)46-31-35-55(36-32-46)59(58-24-10-9-23-57(58)48-16-5-2-6-17-48)56-37-33-47(34-38-56)50-19-11-20-51(39-50)52-21-12-22-53(41-52)54-30-29-43-15-7-8-18-49(43)40-54/h1-41H. The summed E-state index contributed by atoms with van der Waals surface area (Å²) in [7, 11) is 0. The molecule has 278 valence electrons. The van der Waals surface area contributed by atoms with E-state index in [1.807, 2.05) is 0 Å². The fourth-order valence-electron chi connectivity index (χ4n) is 8.17. The lowest BCUT2D eigenvalue weighted by Gasteiger charge is -2.28. The molecule has 0 N–H and O–H groups in total. The van der Waals surface area contributed by atoms with E-state index < -0.39 is 0 Å². The number of hydrogen-bond acceptors (Lipinski definition) is 1. The molecule has 0 unspecified atom stereocenters. The van der Waals surface area contributed by atoms with Crippen LogP contribution in [0.4, 0.5) is 17.1 Å². The topological polar surface area (TPSA) is 3.24 Å². The summed E-state index contributed by atoms with van der Waals surface area (Å²) in [6, 6.07) is 89.8. The Balaban J connectivity index is 0.977. The molecule has 10 rings (SSSR count). The summed E-state index contributed by atoms with van der Waals surface area (Å²) < 4.78 is 0. The van der Waals surface area contributed by atoms with E-state index in [-0.39, 0.29) is 0 Å². The molecule has 10 aromatic rings. The molecule has 1 nitrogen and oxygen atoms in total. The molecule has 0 aliphatic carbocycles. The maximum Gasteiger partial charge on any atom is 0.0540 e. The van der Waals surface area contributed by atoms with Crippen molar-refractivity contribution in [3.8, 4) is 66.8 Å². The number of benzene rings is 10. The average Bonchev–Trinajstić information content (AvgIpc) is 3.33. The van der Waals surface area contributed by atoms with Gasteiger partial charge in [-0.05, 0) is 121 Å². The van der Waals surface area contributed by atoms with Crippen molar-refractivity contribution in [2.75, 3.05) is 4.90 Å². The lowest BCUT2D eigenvalue weighted by molar-refractivity contribution is 1.28. The van der Waals surface area contributed by atoms with Crippen LogP contribution in [-0.2, 0) is 0 Å². The Hall–Kier alpha value is -7.74. The molecule has 0 saturated heterocycles. The van der Waals surface area contributed by atoms with E-state index in [0.717, 1.165) is 17.1 Å². The van der Waals surface area contributed by atoms with Gasteiger partial charge in [-0.15, -0.1) is 0 Å². The predicted molar refractivity (Wildman–Crippen MR) is 251 cm³/mol. The minimum Gasteiger partial charge on any atom is -0.310 e. The zero-order chi connectivity index (χ0) is 39.4. The van der Waals surface area contributed by atoms with E-state index >= 15 is 0 Å². The van der Waals surface area contributed by atoms with Gasteiger partial charge in [0.25, 0.3) is 0 Å². The molecule has 59 heavy (non-hydrogen) atoms. The third kappa shape index (κ3) is 7.46. The van der Waals surface area contributed by atoms with Gasteiger partial charge in [0.1, 0.15) is 0 Å². The molecule has 0 radical (unpaired) electrons. The highest BCUT2D eigenvalue weighted by Crippen LogP contribution is 2.42. The van der Waals surface area contributed by atoms with Crippen molar-refractivity contribution in [2.24, 2.45) is 0 Å². The number of anilines is 3. The van der Waals surface area contributed by atoms with Crippen molar-refractivity contribution in [3.63, 3.8) is 0 Å². The third-order valence-electron chi connectivity index (χ3n) is 11.3. The van der Waals surface area contributed by atoms with E-state index in [4.69, 9.17) is 0 Å². The normalized spacial score (nSPS) is 11.1. The van der Waals surface area contributed by atoms with Crippen molar-refractivity contribution >= 4 is 27.8 Å². The van der Waals surface area contributed by atoms with Crippen LogP contribution < -0.4 is 4.90 Å². The first kappa shape index (κ1) is 35.7. The molecule has 0 atom stereocenters. The van der Waals surface area contributed by atoms with E-state index in [9.17, 15) is 0 Å². The number of nitrogens with zero attached hydrogens (tertiary/aromatic N) is 1. The molecule has 0 heterocycles. The summed E-state index contributed by atoms with van der Waals surface area (Å²) in [5, 5.41) is 2.51. The molecule has 0 bridgehead atoms. The van der Waals surface area contributed by atoms with Gasteiger partial charge in [0.05, 0.1) is 5.69 Å². The second-order valence-corrected chi connectivity index (χ2v) is 15.0. The van der Waals surface area contributed by atoms with Crippen molar-refractivity contribution in [1.82, 2.24) is 0 Å². The Labute approximate surface area is 346 Å². The average molecular weight is 752 g/mol. The van der Waals surface area contributed by atoms with Gasteiger partial charge in [-0.25, -0.2) is 0 Å². The second-order valence-electron chi connectivity index (χ2n) is 15.0. The van der Waals surface area contributed by atoms with Crippen LogP contribution in [0, 0.1) is 0 Å². The molecule has 0 fully saturated rings. The van der Waals surface area contributed by atoms with E-state index in [1.54, 1.807) is 0 Å². The first-order chi connectivity index (χ1) is 29.2. The summed E-state index contributed by atoms with van der Waals surface area (Å²) in [6.45, 7) is 0. The maximum absolute atomic E-state index is 2.38. The number of para-hydroxylation sites is 1. The van der Waals surface area contributed by atoms with Gasteiger partial charge in [-0.3, -0.25) is 0 Å². The summed E-state index contributed by atoms with van der Waals surface area (Å²) in [5.41, 5.74) is 17.7. The van der Waals surface area contributed by atoms with Crippen LogP contribution in [0.25, 0.3) is 77.5 Å². The molecular weight excluding hydrogens is 711 g/mol. The van der Waals surface area contributed by atoms with Crippen LogP contribution >= 0.6 is 0 Å². The van der Waals surface area contributed by atoms with Crippen molar-refractivity contribution in [2.45, 2.75) is 0 Å². The first-order valence-corrected chi connectivity index (χ1v) is 20.2. The van der Waals surface area contributed by atoms with Gasteiger partial charge in [0.15, 0.2) is 0 Å². The van der Waals surface area contributed by atoms with Gasteiger partial charge in [0, 0.05) is 16.9 Å². The van der Waals surface area contributed by atoms with E-state index in [0.29, 0.717) is 0 Å². The fraction of sp³-hybridized carbons (Fsp3) is 0. The van der Waals surface area contributed by atoms with Crippen molar-refractivity contribution in [3.05, 3.63) is 249 Å². The van der Waals surface area contributed by atoms with Gasteiger partial charge in [-0.1, -0.05) is 200 Å². The Morgan fingerprint density at radius 2 is 0.559 bits per heavy atom. The van der Waals surface area contributed by atoms with Crippen LogP contribution in [0.3, 0.4) is 0 Å². The molecule has 0 amide bonds. The highest BCUT2D eigenvalue weighted by molar-refractivity contribution is 5.90. The molecule has 0 spiro atoms. The van der Waals surface area contributed by atoms with E-state index in [2.05, 4.69) is 254 Å². The highest BCUT2D eigenvalue weighted by Gasteiger charge is 2.18. The summed E-state index contributed by atoms with van der Waals surface area (Å²) in [4.78, 5) is 2.38. The smallest absolute Gasteiger partial charge is 0.0540 e. The molecular formula is C58H41N. The van der Waals surface area contributed by atoms with Crippen molar-refractivity contribution in [1.29, 1.82) is 0 Å². The third-order valence-corrected chi connectivity index (χ3v) is 11.3. The Kier molecular flexibility index (Phi) is 9.68. The van der Waals surface area contributed by atoms with Crippen LogP contribution in [-0.4, -0.2) is 0 Å². The number of fused-ring (bicyclic) bond motifs is 1. The quantitative estimate of drug-likeness (QED) is 0.142. The number of rotatable bonds is 9. The zero-order valence-electron chi connectivity index (χ0n) is 32.6. The minimum atomic E-state index is 1.09. The zero-order valence-corrected chi connectivity index (χ0v) is 32.6. The van der Waals surface area contributed by atoms with Crippen LogP contribution in [0.1, 0.15) is 0 Å². The van der Waals surface area contributed by atoms with E-state index in [1.165, 1.54) is 77.5 Å². The summed E-state index contributed by atoms with van der Waals surface area (Å²) >= 11 is 0. The SMILES string of the molecule is c1ccc(-c2ccc(-c3ccc(N(c4ccc(-c5cccc(-c6cccc(-c7ccc8ccccc8c7)c6)c5)cc4)c4ccccc4-c4ccccc4)cc3)cc2)cc1. The van der Waals surface area contributed by atoms with Crippen LogP contribution in [0.2, 0.25) is 0 Å². The Bertz CT molecular complexity index is 3000. The molecule has 1 heteroatoms. The van der Waals surface area contributed by atoms with Crippen molar-refractivity contribution < 1.29 is 0 Å². The molecule has 10 aromatic carbocycles.